The van der Waals surface area contributed by atoms with Crippen LogP contribution in [-0.4, -0.2) is 46.3 Å². The number of carboxylic acids is 1. The molecule has 0 amide bonds. The van der Waals surface area contributed by atoms with Gasteiger partial charge < -0.3 is 10.2 Å². The minimum absolute atomic E-state index is 0.303. The number of nitrogens with zero attached hydrogens (tertiary/aromatic N) is 1. The van der Waals surface area contributed by atoms with Crippen molar-refractivity contribution < 1.29 is 15.0 Å². The number of aliphatic hydroxyl groups is 1. The lowest BCUT2D eigenvalue weighted by Crippen LogP contribution is -2.53. The minimum atomic E-state index is -0.795. The van der Waals surface area contributed by atoms with Gasteiger partial charge in [0, 0.05) is 6.54 Å². The lowest BCUT2D eigenvalue weighted by molar-refractivity contribution is -0.149. The summed E-state index contributed by atoms with van der Waals surface area (Å²) >= 11 is 0. The van der Waals surface area contributed by atoms with Gasteiger partial charge in [-0.3, -0.25) is 9.69 Å². The number of hydrogen-bond acceptors (Lipinski definition) is 3. The first kappa shape index (κ1) is 12.5. The van der Waals surface area contributed by atoms with Crippen molar-refractivity contribution in [3.8, 4) is 0 Å². The molecule has 4 heteroatoms. The van der Waals surface area contributed by atoms with E-state index in [4.69, 9.17) is 0 Å². The third-order valence-electron chi connectivity index (χ3n) is 2.85. The lowest BCUT2D eigenvalue weighted by Gasteiger charge is -2.40. The van der Waals surface area contributed by atoms with Gasteiger partial charge in [-0.25, -0.2) is 0 Å². The standard InChI is InChI=1S/C11H21NO3/c1-11(2,3)9(10(14)15)12-6-4-5-8(13)7-12/h8-9,13H,4-7H2,1-3H3,(H,14,15). The van der Waals surface area contributed by atoms with Crippen molar-refractivity contribution in [2.45, 2.75) is 45.8 Å². The van der Waals surface area contributed by atoms with Crippen molar-refractivity contribution >= 4 is 5.97 Å². The van der Waals surface area contributed by atoms with Crippen LogP contribution in [0, 0.1) is 5.41 Å². The van der Waals surface area contributed by atoms with E-state index >= 15 is 0 Å². The van der Waals surface area contributed by atoms with Crippen LogP contribution in [0.4, 0.5) is 0 Å². The number of aliphatic hydroxyl groups excluding tert-OH is 1. The van der Waals surface area contributed by atoms with Crippen molar-refractivity contribution in [1.29, 1.82) is 0 Å². The smallest absolute Gasteiger partial charge is 0.321 e. The molecular weight excluding hydrogens is 194 g/mol. The van der Waals surface area contributed by atoms with Crippen LogP contribution < -0.4 is 0 Å². The summed E-state index contributed by atoms with van der Waals surface area (Å²) in [6.07, 6.45) is 1.29. The average Bonchev–Trinajstić information content (AvgIpc) is 1.99. The second-order valence-electron chi connectivity index (χ2n) is 5.40. The Morgan fingerprint density at radius 3 is 2.47 bits per heavy atom. The van der Waals surface area contributed by atoms with Crippen LogP contribution in [0.3, 0.4) is 0 Å². The fraction of sp³-hybridized carbons (Fsp3) is 0.909. The molecule has 0 aromatic heterocycles. The maximum Gasteiger partial charge on any atom is 0.321 e. The van der Waals surface area contributed by atoms with Crippen LogP contribution in [0.15, 0.2) is 0 Å². The number of β-amino-alcohol motifs (C(OH)–C–C–N with tert-alkyl or cyclic N) is 1. The number of rotatable bonds is 2. The van der Waals surface area contributed by atoms with E-state index in [9.17, 15) is 15.0 Å². The van der Waals surface area contributed by atoms with Crippen LogP contribution in [0.5, 0.6) is 0 Å². The highest BCUT2D eigenvalue weighted by Crippen LogP contribution is 2.27. The van der Waals surface area contributed by atoms with E-state index in [0.29, 0.717) is 6.54 Å². The number of likely N-dealkylation sites (tertiary alicyclic amines) is 1. The van der Waals surface area contributed by atoms with Gasteiger partial charge in [0.2, 0.25) is 0 Å². The molecule has 1 fully saturated rings. The molecule has 1 aliphatic heterocycles. The number of carboxylic acid groups (broad SMARTS) is 1. The average molecular weight is 215 g/mol. The molecule has 2 unspecified atom stereocenters. The number of piperidine rings is 1. The van der Waals surface area contributed by atoms with E-state index in [-0.39, 0.29) is 11.5 Å². The Bertz CT molecular complexity index is 234. The Balaban J connectivity index is 2.76. The Hall–Kier alpha value is -0.610. The molecule has 0 aromatic carbocycles. The van der Waals surface area contributed by atoms with Gasteiger partial charge in [0.25, 0.3) is 0 Å². The summed E-state index contributed by atoms with van der Waals surface area (Å²) in [5.74, 6) is -0.795. The molecule has 0 aromatic rings. The zero-order chi connectivity index (χ0) is 11.6. The SMILES string of the molecule is CC(C)(C)C(C(=O)O)N1CCCC(O)C1. The zero-order valence-electron chi connectivity index (χ0n) is 9.73. The summed E-state index contributed by atoms with van der Waals surface area (Å²) in [4.78, 5) is 13.1. The highest BCUT2D eigenvalue weighted by Gasteiger charge is 2.38. The minimum Gasteiger partial charge on any atom is -0.480 e. The van der Waals surface area contributed by atoms with Crippen LogP contribution in [-0.2, 0) is 4.79 Å². The second-order valence-corrected chi connectivity index (χ2v) is 5.40. The molecule has 0 bridgehead atoms. The first-order valence-corrected chi connectivity index (χ1v) is 5.47. The highest BCUT2D eigenvalue weighted by atomic mass is 16.4. The predicted molar refractivity (Wildman–Crippen MR) is 57.7 cm³/mol. The van der Waals surface area contributed by atoms with E-state index in [2.05, 4.69) is 0 Å². The molecule has 1 rings (SSSR count). The predicted octanol–water partition coefficient (Wildman–Crippen LogP) is 0.942. The van der Waals surface area contributed by atoms with Gasteiger partial charge in [0.15, 0.2) is 0 Å². The molecule has 0 radical (unpaired) electrons. The van der Waals surface area contributed by atoms with Gasteiger partial charge in [-0.1, -0.05) is 20.8 Å². The first-order chi connectivity index (χ1) is 6.82. The Kier molecular flexibility index (Phi) is 3.73. The Morgan fingerprint density at radius 1 is 1.47 bits per heavy atom. The molecule has 1 aliphatic rings. The zero-order valence-corrected chi connectivity index (χ0v) is 9.73. The van der Waals surface area contributed by atoms with E-state index in [1.165, 1.54) is 0 Å². The van der Waals surface area contributed by atoms with Crippen molar-refractivity contribution in [1.82, 2.24) is 4.90 Å². The lowest BCUT2D eigenvalue weighted by atomic mass is 9.84. The van der Waals surface area contributed by atoms with Crippen LogP contribution >= 0.6 is 0 Å². The summed E-state index contributed by atoms with van der Waals surface area (Å²) in [6.45, 7) is 7.02. The highest BCUT2D eigenvalue weighted by molar-refractivity contribution is 5.74. The van der Waals surface area contributed by atoms with E-state index in [0.717, 1.165) is 19.4 Å². The van der Waals surface area contributed by atoms with E-state index in [1.54, 1.807) is 0 Å². The van der Waals surface area contributed by atoms with Crippen molar-refractivity contribution in [3.63, 3.8) is 0 Å². The molecule has 4 nitrogen and oxygen atoms in total. The molecule has 88 valence electrons. The second kappa shape index (κ2) is 4.49. The molecule has 2 N–H and O–H groups in total. The third-order valence-corrected chi connectivity index (χ3v) is 2.85. The molecule has 0 spiro atoms. The van der Waals surface area contributed by atoms with Gasteiger partial charge in [-0.15, -0.1) is 0 Å². The maximum absolute atomic E-state index is 11.2. The van der Waals surface area contributed by atoms with Gasteiger partial charge in [0.1, 0.15) is 6.04 Å². The monoisotopic (exact) mass is 215 g/mol. The molecule has 15 heavy (non-hydrogen) atoms. The first-order valence-electron chi connectivity index (χ1n) is 5.47. The van der Waals surface area contributed by atoms with Crippen molar-refractivity contribution in [3.05, 3.63) is 0 Å². The fourth-order valence-corrected chi connectivity index (χ4v) is 2.29. The summed E-state index contributed by atoms with van der Waals surface area (Å²) in [5, 5.41) is 18.8. The summed E-state index contributed by atoms with van der Waals surface area (Å²) in [7, 11) is 0. The van der Waals surface area contributed by atoms with E-state index < -0.39 is 12.0 Å². The number of carbonyl (C=O) groups is 1. The third kappa shape index (κ3) is 3.18. The Labute approximate surface area is 90.9 Å². The topological polar surface area (TPSA) is 60.8 Å². The molecular formula is C11H21NO3. The van der Waals surface area contributed by atoms with E-state index in [1.807, 2.05) is 25.7 Å². The molecule has 0 aliphatic carbocycles. The van der Waals surface area contributed by atoms with Crippen LogP contribution in [0.25, 0.3) is 0 Å². The van der Waals surface area contributed by atoms with Crippen LogP contribution in [0.1, 0.15) is 33.6 Å². The number of hydrogen-bond donors (Lipinski definition) is 2. The molecule has 2 atom stereocenters. The molecule has 1 saturated heterocycles. The molecule has 1 heterocycles. The van der Waals surface area contributed by atoms with Gasteiger partial charge in [-0.2, -0.15) is 0 Å². The maximum atomic E-state index is 11.2. The van der Waals surface area contributed by atoms with Crippen LogP contribution in [0.2, 0.25) is 0 Å². The normalized spacial score (nSPS) is 26.3. The van der Waals surface area contributed by atoms with Crippen molar-refractivity contribution in [2.24, 2.45) is 5.41 Å². The summed E-state index contributed by atoms with van der Waals surface area (Å²) in [6, 6.07) is -0.507. The molecule has 0 saturated carbocycles. The summed E-state index contributed by atoms with van der Waals surface area (Å²) in [5.41, 5.74) is -0.303. The largest absolute Gasteiger partial charge is 0.480 e. The van der Waals surface area contributed by atoms with Gasteiger partial charge in [0.05, 0.1) is 6.10 Å². The quantitative estimate of drug-likeness (QED) is 0.719. The van der Waals surface area contributed by atoms with Crippen molar-refractivity contribution in [2.75, 3.05) is 13.1 Å². The fourth-order valence-electron chi connectivity index (χ4n) is 2.29. The van der Waals surface area contributed by atoms with Gasteiger partial charge in [-0.05, 0) is 24.8 Å². The van der Waals surface area contributed by atoms with Gasteiger partial charge >= 0.3 is 5.97 Å². The number of aliphatic carboxylic acids is 1. The summed E-state index contributed by atoms with van der Waals surface area (Å²) < 4.78 is 0. The Morgan fingerprint density at radius 2 is 2.07 bits per heavy atom.